The largest absolute Gasteiger partial charge is 0.350 e. The van der Waals surface area contributed by atoms with Crippen LogP contribution in [0.25, 0.3) is 0 Å². The normalized spacial score (nSPS) is 28.0. The van der Waals surface area contributed by atoms with E-state index in [1.54, 1.807) is 19.9 Å². The second-order valence-electron chi connectivity index (χ2n) is 6.69. The van der Waals surface area contributed by atoms with Gasteiger partial charge >= 0.3 is 6.03 Å². The molecule has 0 heterocycles. The third-order valence-electron chi connectivity index (χ3n) is 5.61. The molecule has 1 fully saturated rings. The summed E-state index contributed by atoms with van der Waals surface area (Å²) in [6.07, 6.45) is 3.16. The topological polar surface area (TPSA) is 113 Å². The molecular formula is C16H19N3O4. The van der Waals surface area contributed by atoms with Crippen LogP contribution in [0.5, 0.6) is 0 Å². The highest BCUT2D eigenvalue weighted by Gasteiger charge is 2.67. The first-order valence-corrected chi connectivity index (χ1v) is 7.48. The van der Waals surface area contributed by atoms with Crippen LogP contribution in [0.4, 0.5) is 4.79 Å². The number of nitrogens with two attached hydrogens (primary N) is 1. The number of ketones is 1. The van der Waals surface area contributed by atoms with Crippen LogP contribution in [-0.2, 0) is 4.79 Å². The van der Waals surface area contributed by atoms with Gasteiger partial charge in [-0.25, -0.2) is 9.86 Å². The van der Waals surface area contributed by atoms with Crippen molar-refractivity contribution in [1.82, 2.24) is 5.06 Å². The molecule has 0 saturated heterocycles. The number of rotatable bonds is 3. The lowest BCUT2D eigenvalue weighted by molar-refractivity contribution is -0.121. The summed E-state index contributed by atoms with van der Waals surface area (Å²) in [7, 11) is 0. The third kappa shape index (κ3) is 1.80. The molecule has 1 spiro atoms. The van der Waals surface area contributed by atoms with Crippen molar-refractivity contribution in [3.05, 3.63) is 38.8 Å². The molecule has 7 heteroatoms. The van der Waals surface area contributed by atoms with E-state index < -0.39 is 17.0 Å². The van der Waals surface area contributed by atoms with Gasteiger partial charge in [-0.15, -0.1) is 4.91 Å². The second kappa shape index (κ2) is 4.61. The van der Waals surface area contributed by atoms with Crippen molar-refractivity contribution in [3.8, 4) is 0 Å². The molecule has 122 valence electrons. The van der Waals surface area contributed by atoms with Gasteiger partial charge in [0.05, 0.1) is 6.54 Å². The monoisotopic (exact) mass is 317 g/mol. The number of nitroso groups, excluding NO2 is 1. The molecule has 1 atom stereocenters. The molecule has 0 aromatic rings. The van der Waals surface area contributed by atoms with Crippen LogP contribution in [0.15, 0.2) is 39.1 Å². The molecule has 0 aromatic carbocycles. The number of urea groups is 1. The first-order valence-electron chi connectivity index (χ1n) is 7.48. The van der Waals surface area contributed by atoms with Crippen molar-refractivity contribution >= 4 is 11.8 Å². The summed E-state index contributed by atoms with van der Waals surface area (Å²) in [5, 5.41) is 13.3. The van der Waals surface area contributed by atoms with E-state index in [9.17, 15) is 19.7 Å². The summed E-state index contributed by atoms with van der Waals surface area (Å²) < 4.78 is 0. The van der Waals surface area contributed by atoms with E-state index in [0.717, 1.165) is 29.6 Å². The average molecular weight is 317 g/mol. The van der Waals surface area contributed by atoms with Crippen molar-refractivity contribution in [2.24, 2.45) is 16.3 Å². The summed E-state index contributed by atoms with van der Waals surface area (Å²) in [6.45, 7) is 5.21. The number of hydrogen-bond acceptors (Lipinski definition) is 5. The minimum Gasteiger partial charge on any atom is -0.350 e. The van der Waals surface area contributed by atoms with Crippen LogP contribution in [-0.4, -0.2) is 34.2 Å². The van der Waals surface area contributed by atoms with Crippen LogP contribution in [0.1, 0.15) is 33.6 Å². The molecule has 0 radical (unpaired) electrons. The molecule has 2 amide bonds. The van der Waals surface area contributed by atoms with Crippen LogP contribution >= 0.6 is 0 Å². The molecule has 0 aromatic heterocycles. The van der Waals surface area contributed by atoms with Gasteiger partial charge in [0.1, 0.15) is 0 Å². The first-order chi connectivity index (χ1) is 10.7. The van der Waals surface area contributed by atoms with E-state index in [-0.39, 0.29) is 12.3 Å². The highest BCUT2D eigenvalue weighted by molar-refractivity contribution is 6.11. The number of allylic oxidation sites excluding steroid dienone is 2. The fourth-order valence-corrected chi connectivity index (χ4v) is 3.97. The SMILES string of the molecule is CC1=C(CN(O)C(N)=O)C2=C(C)C3(CC3)[C@@](C)(N=O)C(=O)C2=C1. The van der Waals surface area contributed by atoms with Crippen LogP contribution < -0.4 is 5.73 Å². The number of nitrogens with zero attached hydrogens (tertiary/aromatic N) is 2. The molecule has 0 unspecified atom stereocenters. The molecule has 3 N–H and O–H groups in total. The lowest BCUT2D eigenvalue weighted by Gasteiger charge is -2.38. The Balaban J connectivity index is 2.13. The predicted molar refractivity (Wildman–Crippen MR) is 82.4 cm³/mol. The molecule has 7 nitrogen and oxygen atoms in total. The summed E-state index contributed by atoms with van der Waals surface area (Å²) in [5.74, 6) is -0.288. The summed E-state index contributed by atoms with van der Waals surface area (Å²) >= 11 is 0. The Morgan fingerprint density at radius 2 is 2.04 bits per heavy atom. The number of fused-ring (bicyclic) bond motifs is 1. The molecule has 23 heavy (non-hydrogen) atoms. The number of hydrogen-bond donors (Lipinski definition) is 2. The number of amides is 2. The van der Waals surface area contributed by atoms with Gasteiger partial charge in [0, 0.05) is 11.0 Å². The quantitative estimate of drug-likeness (QED) is 0.472. The van der Waals surface area contributed by atoms with E-state index in [2.05, 4.69) is 5.18 Å². The van der Waals surface area contributed by atoms with Gasteiger partial charge in [-0.2, -0.15) is 0 Å². The van der Waals surface area contributed by atoms with Gasteiger partial charge in [-0.3, -0.25) is 10.0 Å². The van der Waals surface area contributed by atoms with Crippen LogP contribution in [0.3, 0.4) is 0 Å². The van der Waals surface area contributed by atoms with Gasteiger partial charge in [0.25, 0.3) is 0 Å². The maximum absolute atomic E-state index is 12.9. The van der Waals surface area contributed by atoms with E-state index in [4.69, 9.17) is 5.73 Å². The van der Waals surface area contributed by atoms with Gasteiger partial charge in [-0.05, 0) is 56.4 Å². The highest BCUT2D eigenvalue weighted by atomic mass is 16.5. The smallest absolute Gasteiger partial charge is 0.338 e. The van der Waals surface area contributed by atoms with Crippen LogP contribution in [0.2, 0.25) is 0 Å². The Labute approximate surface area is 133 Å². The molecule has 0 bridgehead atoms. The zero-order valence-corrected chi connectivity index (χ0v) is 13.3. The molecule has 3 aliphatic rings. The zero-order chi connectivity index (χ0) is 17.2. The van der Waals surface area contributed by atoms with Gasteiger partial charge in [0.2, 0.25) is 0 Å². The van der Waals surface area contributed by atoms with Gasteiger partial charge in [-0.1, -0.05) is 10.7 Å². The fraction of sp³-hybridized carbons (Fsp3) is 0.500. The molecular weight excluding hydrogens is 298 g/mol. The van der Waals surface area contributed by atoms with Crippen molar-refractivity contribution in [3.63, 3.8) is 0 Å². The maximum atomic E-state index is 12.9. The van der Waals surface area contributed by atoms with E-state index in [1.165, 1.54) is 0 Å². The van der Waals surface area contributed by atoms with Gasteiger partial charge in [0.15, 0.2) is 11.3 Å². The number of carbonyl (C=O) groups excluding carboxylic acids is 2. The number of Topliss-reactive ketones (excluding diaryl/α,β-unsaturated/α-hetero) is 1. The number of carbonyl (C=O) groups is 2. The Bertz CT molecular complexity index is 742. The van der Waals surface area contributed by atoms with E-state index in [1.807, 2.05) is 6.92 Å². The fourth-order valence-electron chi connectivity index (χ4n) is 3.97. The van der Waals surface area contributed by atoms with E-state index in [0.29, 0.717) is 16.2 Å². The maximum Gasteiger partial charge on any atom is 0.338 e. The number of primary amides is 1. The van der Waals surface area contributed by atoms with Crippen molar-refractivity contribution in [1.29, 1.82) is 0 Å². The van der Waals surface area contributed by atoms with Gasteiger partial charge < -0.3 is 5.73 Å². The van der Waals surface area contributed by atoms with Crippen molar-refractivity contribution in [2.75, 3.05) is 6.54 Å². The lowest BCUT2D eigenvalue weighted by Crippen LogP contribution is -2.48. The number of hydroxylamine groups is 2. The van der Waals surface area contributed by atoms with Crippen molar-refractivity contribution in [2.45, 2.75) is 39.2 Å². The molecule has 1 saturated carbocycles. The zero-order valence-electron chi connectivity index (χ0n) is 13.3. The predicted octanol–water partition coefficient (Wildman–Crippen LogP) is 2.22. The van der Waals surface area contributed by atoms with Crippen molar-refractivity contribution < 1.29 is 14.8 Å². The third-order valence-corrected chi connectivity index (χ3v) is 5.61. The van der Waals surface area contributed by atoms with Crippen LogP contribution in [0, 0.1) is 10.3 Å². The summed E-state index contributed by atoms with van der Waals surface area (Å²) in [5.41, 5.74) is 6.80. The average Bonchev–Trinajstić information content (AvgIpc) is 3.25. The Morgan fingerprint density at radius 3 is 2.52 bits per heavy atom. The summed E-state index contributed by atoms with van der Waals surface area (Å²) in [4.78, 5) is 35.5. The Kier molecular flexibility index (Phi) is 3.13. The minimum atomic E-state index is -1.29. The molecule has 0 aliphatic heterocycles. The Morgan fingerprint density at radius 1 is 1.43 bits per heavy atom. The highest BCUT2D eigenvalue weighted by Crippen LogP contribution is 2.66. The Hall–Kier alpha value is -2.28. The molecule has 3 aliphatic carbocycles. The minimum absolute atomic E-state index is 0.0948. The van der Waals surface area contributed by atoms with E-state index >= 15 is 0 Å². The summed E-state index contributed by atoms with van der Waals surface area (Å²) in [6, 6.07) is -0.959. The lowest BCUT2D eigenvalue weighted by atomic mass is 9.65. The second-order valence-corrected chi connectivity index (χ2v) is 6.69. The molecule has 3 rings (SSSR count). The first kappa shape index (κ1) is 15.6. The standard InChI is InChI=1S/C16H19N3O4/c1-8-6-10-12(11(8)7-19(23)14(17)21)9(2)16(4-5-16)15(3,18-22)13(10)20/h6,23H,4-5,7H2,1-3H3,(H2,17,21)/t15-/m0/s1.